The van der Waals surface area contributed by atoms with E-state index in [4.69, 9.17) is 0 Å². The molecule has 0 bridgehead atoms. The van der Waals surface area contributed by atoms with Gasteiger partial charge in [-0.2, -0.15) is 0 Å². The molecule has 0 spiro atoms. The molecular weight excluding hydrogens is 324 g/mol. The third kappa shape index (κ3) is 11.1. The van der Waals surface area contributed by atoms with Crippen LogP contribution in [0.15, 0.2) is 0 Å². The number of hydrogen-bond acceptors (Lipinski definition) is 0. The molecule has 2 heteroatoms. The molecule has 94 valence electrons. The molecule has 0 atom stereocenters. The molecule has 0 aromatic rings. The normalized spacial score (nSPS) is 11.4. The first-order valence-corrected chi connectivity index (χ1v) is 15.1. The van der Waals surface area contributed by atoms with E-state index in [1.165, 1.54) is 30.2 Å². The summed E-state index contributed by atoms with van der Waals surface area (Å²) in [5.74, 6) is 3.53. The summed E-state index contributed by atoms with van der Waals surface area (Å²) in [5, 5.41) is 0. The third-order valence-corrected chi connectivity index (χ3v) is 9.76. The fourth-order valence-electron chi connectivity index (χ4n) is 1.35. The third-order valence-electron chi connectivity index (χ3n) is 2.31. The van der Waals surface area contributed by atoms with Crippen LogP contribution in [0.3, 0.4) is 0 Å². The minimum atomic E-state index is -1.12. The Hall–Kier alpha value is 0.566. The Balaban J connectivity index is 4.02. The van der Waals surface area contributed by atoms with Gasteiger partial charge in [0.2, 0.25) is 0 Å². The van der Waals surface area contributed by atoms with Crippen LogP contribution in [0.4, 0.5) is 0 Å². The van der Waals surface area contributed by atoms with Crippen molar-refractivity contribution in [2.24, 2.45) is 0 Å². The van der Waals surface area contributed by atoms with Gasteiger partial charge in [-0.05, 0) is 0 Å². The van der Waals surface area contributed by atoms with Gasteiger partial charge in [-0.15, -0.1) is 0 Å². The molecule has 0 rings (SSSR count). The van der Waals surface area contributed by atoms with E-state index in [0.717, 1.165) is 0 Å². The summed E-state index contributed by atoms with van der Waals surface area (Å²) in [4.78, 5) is 0. The molecule has 0 radical (unpaired) electrons. The standard InChI is InChI=1S/C14H29SiTe/c1-6-8-12-16(13-9-7-2)14-10-11-15(3,4)5/h6-9,12-14H2,1-5H3/q+1. The molecule has 0 heterocycles. The van der Waals surface area contributed by atoms with Crippen molar-refractivity contribution in [3.63, 3.8) is 0 Å². The van der Waals surface area contributed by atoms with Gasteiger partial charge < -0.3 is 0 Å². The number of unbranched alkanes of at least 4 members (excludes halogenated alkanes) is 2. The first-order valence-electron chi connectivity index (χ1n) is 6.63. The molecular formula is C14H29SiTe+. The SMILES string of the molecule is CCCC[Te+](CC#C[Si](C)(C)C)CCCC. The van der Waals surface area contributed by atoms with Crippen molar-refractivity contribution < 1.29 is 0 Å². The van der Waals surface area contributed by atoms with Gasteiger partial charge in [0.15, 0.2) is 0 Å². The summed E-state index contributed by atoms with van der Waals surface area (Å²) >= 11 is -0.818. The molecule has 0 nitrogen and oxygen atoms in total. The van der Waals surface area contributed by atoms with Crippen molar-refractivity contribution in [1.29, 1.82) is 0 Å². The first kappa shape index (κ1) is 16.6. The van der Waals surface area contributed by atoms with E-state index in [9.17, 15) is 0 Å². The van der Waals surface area contributed by atoms with Crippen LogP contribution < -0.4 is 0 Å². The van der Waals surface area contributed by atoms with Crippen LogP contribution in [0, 0.1) is 11.5 Å². The molecule has 16 heavy (non-hydrogen) atoms. The van der Waals surface area contributed by atoms with Gasteiger partial charge >= 0.3 is 112 Å². The van der Waals surface area contributed by atoms with Crippen molar-refractivity contribution >= 4 is 27.6 Å². The molecule has 0 aliphatic carbocycles. The van der Waals surface area contributed by atoms with Crippen molar-refractivity contribution in [2.75, 3.05) is 0 Å². The predicted octanol–water partition coefficient (Wildman–Crippen LogP) is 4.96. The summed E-state index contributed by atoms with van der Waals surface area (Å²) in [7, 11) is -1.12. The zero-order valence-electron chi connectivity index (χ0n) is 11.9. The molecule has 0 aliphatic rings. The molecule has 0 N–H and O–H groups in total. The molecule has 0 aliphatic heterocycles. The van der Waals surface area contributed by atoms with Crippen molar-refractivity contribution in [2.45, 2.75) is 72.6 Å². The molecule has 0 unspecified atom stereocenters. The Bertz CT molecular complexity index is 211. The second-order valence-electron chi connectivity index (χ2n) is 5.42. The topological polar surface area (TPSA) is 0 Å². The van der Waals surface area contributed by atoms with Crippen LogP contribution in [0.1, 0.15) is 39.5 Å². The monoisotopic (exact) mass is 355 g/mol. The average molecular weight is 353 g/mol. The molecule has 0 aromatic carbocycles. The quantitative estimate of drug-likeness (QED) is 0.448. The van der Waals surface area contributed by atoms with Gasteiger partial charge in [-0.3, -0.25) is 0 Å². The Morgan fingerprint density at radius 1 is 0.938 bits per heavy atom. The first-order chi connectivity index (χ1) is 7.49. The van der Waals surface area contributed by atoms with Crippen LogP contribution in [0.5, 0.6) is 0 Å². The number of hydrogen-bond donors (Lipinski definition) is 0. The summed E-state index contributed by atoms with van der Waals surface area (Å²) < 4.78 is 4.42. The van der Waals surface area contributed by atoms with E-state index < -0.39 is 27.6 Å². The van der Waals surface area contributed by atoms with Gasteiger partial charge in [0.25, 0.3) is 0 Å². The average Bonchev–Trinajstić information content (AvgIpc) is 2.19. The van der Waals surface area contributed by atoms with E-state index in [1.54, 1.807) is 8.94 Å². The van der Waals surface area contributed by atoms with Gasteiger partial charge in [-0.25, -0.2) is 0 Å². The summed E-state index contributed by atoms with van der Waals surface area (Å²) in [6, 6.07) is 0. The van der Waals surface area contributed by atoms with E-state index in [1.807, 2.05) is 0 Å². The summed E-state index contributed by atoms with van der Waals surface area (Å²) in [6.45, 7) is 11.7. The van der Waals surface area contributed by atoms with Gasteiger partial charge in [0.05, 0.1) is 0 Å². The maximum absolute atomic E-state index is 3.54. The number of rotatable bonds is 7. The van der Waals surface area contributed by atoms with E-state index in [2.05, 4.69) is 45.0 Å². The Morgan fingerprint density at radius 2 is 1.44 bits per heavy atom. The molecule has 0 amide bonds. The molecule has 0 aromatic heterocycles. The molecule has 0 saturated carbocycles. The van der Waals surface area contributed by atoms with Crippen molar-refractivity contribution in [1.82, 2.24) is 0 Å². The fraction of sp³-hybridized carbons (Fsp3) is 0.857. The summed E-state index contributed by atoms with van der Waals surface area (Å²) in [5.41, 5.74) is 3.54. The predicted molar refractivity (Wildman–Crippen MR) is 81.1 cm³/mol. The second-order valence-corrected chi connectivity index (χ2v) is 16.8. The zero-order valence-corrected chi connectivity index (χ0v) is 15.2. The van der Waals surface area contributed by atoms with Crippen LogP contribution >= 0.6 is 0 Å². The Kier molecular flexibility index (Phi) is 9.92. The van der Waals surface area contributed by atoms with Gasteiger partial charge in [-0.1, -0.05) is 0 Å². The van der Waals surface area contributed by atoms with Crippen LogP contribution in [-0.2, 0) is 0 Å². The Labute approximate surface area is 111 Å². The van der Waals surface area contributed by atoms with Crippen molar-refractivity contribution in [3.8, 4) is 11.5 Å². The Morgan fingerprint density at radius 3 is 1.81 bits per heavy atom. The fourth-order valence-corrected chi connectivity index (χ4v) is 8.53. The van der Waals surface area contributed by atoms with E-state index in [0.29, 0.717) is 0 Å². The van der Waals surface area contributed by atoms with Crippen molar-refractivity contribution in [3.05, 3.63) is 0 Å². The molecule has 0 saturated heterocycles. The minimum absolute atomic E-state index is 0.818. The van der Waals surface area contributed by atoms with Gasteiger partial charge in [0.1, 0.15) is 0 Å². The maximum atomic E-state index is 3.54. The van der Waals surface area contributed by atoms with Crippen LogP contribution in [0.2, 0.25) is 33.0 Å². The molecule has 0 fully saturated rings. The summed E-state index contributed by atoms with van der Waals surface area (Å²) in [6.07, 6.45) is 5.64. The van der Waals surface area contributed by atoms with Crippen LogP contribution in [0.25, 0.3) is 0 Å². The van der Waals surface area contributed by atoms with E-state index >= 15 is 0 Å². The van der Waals surface area contributed by atoms with Crippen LogP contribution in [-0.4, -0.2) is 27.6 Å². The zero-order chi connectivity index (χ0) is 12.4. The van der Waals surface area contributed by atoms with E-state index in [-0.39, 0.29) is 0 Å². The second kappa shape index (κ2) is 9.58. The van der Waals surface area contributed by atoms with Gasteiger partial charge in [0, 0.05) is 0 Å².